The van der Waals surface area contributed by atoms with Crippen molar-refractivity contribution in [1.82, 2.24) is 10.8 Å². The van der Waals surface area contributed by atoms with Crippen LogP contribution in [-0.4, -0.2) is 25.0 Å². The Kier molecular flexibility index (Phi) is 6.17. The first kappa shape index (κ1) is 11.4. The van der Waals surface area contributed by atoms with E-state index in [2.05, 4.69) is 28.8 Å². The molecule has 0 saturated heterocycles. The molecule has 0 radical (unpaired) electrons. The highest BCUT2D eigenvalue weighted by atomic mass is 16.6. The fourth-order valence-electron chi connectivity index (χ4n) is 0.461. The summed E-state index contributed by atoms with van der Waals surface area (Å²) in [7, 11) is 0. The van der Waals surface area contributed by atoms with E-state index in [1.54, 1.807) is 0 Å². The minimum Gasteiger partial charge on any atom is -0.350 e. The van der Waals surface area contributed by atoms with Gasteiger partial charge in [-0.15, -0.1) is 0 Å². The van der Waals surface area contributed by atoms with Crippen LogP contribution in [0.4, 0.5) is 0 Å². The summed E-state index contributed by atoms with van der Waals surface area (Å²) in [6.45, 7) is 6.99. The van der Waals surface area contributed by atoms with Gasteiger partial charge in [0, 0.05) is 6.54 Å². The molecule has 0 saturated carbocycles. The van der Waals surface area contributed by atoms with E-state index in [-0.39, 0.29) is 12.5 Å². The number of amides is 2. The molecule has 5 nitrogen and oxygen atoms in total. The standard InChI is InChI=1S/C8H12N2O3/c1-3-7(11)9-5-6-13-10-8(12)4-2/h3-4H,1-2,5-6H2,(H,9,11)(H,10,12). The lowest BCUT2D eigenvalue weighted by atomic mass is 10.5. The summed E-state index contributed by atoms with van der Waals surface area (Å²) in [6.07, 6.45) is 2.24. The molecule has 13 heavy (non-hydrogen) atoms. The second kappa shape index (κ2) is 7.05. The second-order valence-electron chi connectivity index (χ2n) is 2.01. The molecule has 0 aromatic heterocycles. The number of hydrogen-bond donors (Lipinski definition) is 2. The zero-order chi connectivity index (χ0) is 10.1. The summed E-state index contributed by atoms with van der Waals surface area (Å²) >= 11 is 0. The normalized spacial score (nSPS) is 8.62. The minimum atomic E-state index is -0.421. The predicted octanol–water partition coefficient (Wildman–Crippen LogP) is -0.478. The van der Waals surface area contributed by atoms with Gasteiger partial charge in [-0.2, -0.15) is 0 Å². The molecular formula is C8H12N2O3. The molecule has 0 fully saturated rings. The molecule has 0 spiro atoms. The lowest BCUT2D eigenvalue weighted by Crippen LogP contribution is -2.29. The Morgan fingerprint density at radius 2 is 1.85 bits per heavy atom. The van der Waals surface area contributed by atoms with Crippen LogP contribution < -0.4 is 10.8 Å². The number of hydrogen-bond acceptors (Lipinski definition) is 3. The van der Waals surface area contributed by atoms with Gasteiger partial charge in [-0.05, 0) is 12.2 Å². The summed E-state index contributed by atoms with van der Waals surface area (Å²) in [5, 5.41) is 2.46. The number of hydroxylamine groups is 1. The van der Waals surface area contributed by atoms with Crippen LogP contribution >= 0.6 is 0 Å². The van der Waals surface area contributed by atoms with Crippen LogP contribution in [0.2, 0.25) is 0 Å². The van der Waals surface area contributed by atoms with E-state index in [9.17, 15) is 9.59 Å². The molecular weight excluding hydrogens is 172 g/mol. The van der Waals surface area contributed by atoms with Gasteiger partial charge in [0.25, 0.3) is 5.91 Å². The zero-order valence-corrected chi connectivity index (χ0v) is 7.21. The van der Waals surface area contributed by atoms with Crippen molar-refractivity contribution in [2.24, 2.45) is 0 Å². The van der Waals surface area contributed by atoms with Gasteiger partial charge in [-0.3, -0.25) is 14.4 Å². The lowest BCUT2D eigenvalue weighted by molar-refractivity contribution is -0.128. The van der Waals surface area contributed by atoms with Gasteiger partial charge >= 0.3 is 0 Å². The lowest BCUT2D eigenvalue weighted by Gasteiger charge is -2.03. The van der Waals surface area contributed by atoms with Gasteiger partial charge in [0.2, 0.25) is 5.91 Å². The molecule has 0 atom stereocenters. The van der Waals surface area contributed by atoms with Crippen LogP contribution in [0, 0.1) is 0 Å². The molecule has 0 bridgehead atoms. The van der Waals surface area contributed by atoms with Crippen molar-refractivity contribution in [1.29, 1.82) is 0 Å². The largest absolute Gasteiger partial charge is 0.350 e. The summed E-state index contributed by atoms with van der Waals surface area (Å²) in [5.74, 6) is -0.700. The Morgan fingerprint density at radius 3 is 2.38 bits per heavy atom. The number of nitrogens with one attached hydrogen (secondary N) is 2. The molecule has 0 aromatic carbocycles. The zero-order valence-electron chi connectivity index (χ0n) is 7.21. The molecule has 0 aromatic rings. The number of carbonyl (C=O) groups is 2. The maximum absolute atomic E-state index is 10.6. The van der Waals surface area contributed by atoms with Crippen LogP contribution in [0.1, 0.15) is 0 Å². The molecule has 0 aliphatic rings. The Bertz CT molecular complexity index is 191. The van der Waals surface area contributed by atoms with Crippen molar-refractivity contribution >= 4 is 11.8 Å². The second-order valence-corrected chi connectivity index (χ2v) is 2.01. The van der Waals surface area contributed by atoms with E-state index in [4.69, 9.17) is 0 Å². The van der Waals surface area contributed by atoms with Crippen molar-refractivity contribution in [3.63, 3.8) is 0 Å². The van der Waals surface area contributed by atoms with Crippen molar-refractivity contribution in [3.8, 4) is 0 Å². The first-order valence-electron chi connectivity index (χ1n) is 3.65. The number of carbonyl (C=O) groups excluding carboxylic acids is 2. The molecule has 5 heteroatoms. The Hall–Kier alpha value is -1.62. The van der Waals surface area contributed by atoms with E-state index in [0.717, 1.165) is 12.2 Å². The van der Waals surface area contributed by atoms with Crippen LogP contribution in [0.3, 0.4) is 0 Å². The van der Waals surface area contributed by atoms with Gasteiger partial charge in [0.1, 0.15) is 0 Å². The van der Waals surface area contributed by atoms with Gasteiger partial charge < -0.3 is 5.32 Å². The molecule has 0 heterocycles. The third kappa shape index (κ3) is 6.77. The van der Waals surface area contributed by atoms with Crippen molar-refractivity contribution in [2.45, 2.75) is 0 Å². The minimum absolute atomic E-state index is 0.194. The van der Waals surface area contributed by atoms with Crippen molar-refractivity contribution in [2.75, 3.05) is 13.2 Å². The van der Waals surface area contributed by atoms with E-state index in [1.807, 2.05) is 0 Å². The first-order chi connectivity index (χ1) is 6.20. The quantitative estimate of drug-likeness (QED) is 0.333. The third-order valence-corrected chi connectivity index (χ3v) is 1.05. The summed E-state index contributed by atoms with van der Waals surface area (Å²) in [4.78, 5) is 25.7. The SMILES string of the molecule is C=CC(=O)NCCONC(=O)C=C. The fraction of sp³-hybridized carbons (Fsp3) is 0.250. The first-order valence-corrected chi connectivity index (χ1v) is 3.65. The summed E-state index contributed by atoms with van der Waals surface area (Å²) < 4.78 is 0. The monoisotopic (exact) mass is 184 g/mol. The topological polar surface area (TPSA) is 67.4 Å². The molecule has 0 unspecified atom stereocenters. The molecule has 2 N–H and O–H groups in total. The Balaban J connectivity index is 3.26. The summed E-state index contributed by atoms with van der Waals surface area (Å²) in [6, 6.07) is 0. The molecule has 0 aliphatic carbocycles. The fourth-order valence-corrected chi connectivity index (χ4v) is 0.461. The van der Waals surface area contributed by atoms with E-state index >= 15 is 0 Å². The highest BCUT2D eigenvalue weighted by molar-refractivity contribution is 5.86. The average molecular weight is 184 g/mol. The van der Waals surface area contributed by atoms with Crippen molar-refractivity contribution in [3.05, 3.63) is 25.3 Å². The predicted molar refractivity (Wildman–Crippen MR) is 47.5 cm³/mol. The highest BCUT2D eigenvalue weighted by Crippen LogP contribution is 1.71. The van der Waals surface area contributed by atoms with Gasteiger partial charge in [0.05, 0.1) is 6.61 Å². The average Bonchev–Trinajstić information content (AvgIpc) is 2.16. The maximum Gasteiger partial charge on any atom is 0.266 e. The van der Waals surface area contributed by atoms with E-state index in [1.165, 1.54) is 0 Å². The van der Waals surface area contributed by atoms with Crippen LogP contribution in [0.5, 0.6) is 0 Å². The van der Waals surface area contributed by atoms with Gasteiger partial charge in [-0.1, -0.05) is 13.2 Å². The van der Waals surface area contributed by atoms with Gasteiger partial charge in [0.15, 0.2) is 0 Å². The molecule has 2 amide bonds. The molecule has 0 rings (SSSR count). The Labute approximate surface area is 76.4 Å². The molecule has 0 aliphatic heterocycles. The smallest absolute Gasteiger partial charge is 0.266 e. The maximum atomic E-state index is 10.6. The van der Waals surface area contributed by atoms with Crippen LogP contribution in [-0.2, 0) is 14.4 Å². The van der Waals surface area contributed by atoms with Crippen molar-refractivity contribution < 1.29 is 14.4 Å². The van der Waals surface area contributed by atoms with E-state index in [0.29, 0.717) is 6.54 Å². The highest BCUT2D eigenvalue weighted by Gasteiger charge is 1.94. The van der Waals surface area contributed by atoms with E-state index < -0.39 is 5.91 Å². The number of rotatable bonds is 6. The summed E-state index contributed by atoms with van der Waals surface area (Å²) in [5.41, 5.74) is 2.09. The van der Waals surface area contributed by atoms with Gasteiger partial charge in [-0.25, -0.2) is 5.48 Å². The Morgan fingerprint density at radius 1 is 1.23 bits per heavy atom. The van der Waals surface area contributed by atoms with Crippen LogP contribution in [0.15, 0.2) is 25.3 Å². The third-order valence-electron chi connectivity index (χ3n) is 1.05. The molecule has 72 valence electrons. The van der Waals surface area contributed by atoms with Crippen LogP contribution in [0.25, 0.3) is 0 Å².